The van der Waals surface area contributed by atoms with E-state index >= 15 is 0 Å². The second kappa shape index (κ2) is 9.91. The molecular formula is C19H20N2O7. The van der Waals surface area contributed by atoms with Gasteiger partial charge >= 0.3 is 11.7 Å². The van der Waals surface area contributed by atoms with Gasteiger partial charge in [0.05, 0.1) is 24.7 Å². The molecular weight excluding hydrogens is 368 g/mol. The van der Waals surface area contributed by atoms with E-state index in [0.29, 0.717) is 13.0 Å². The number of ether oxygens (including phenoxy) is 3. The number of methoxy groups -OCH3 is 2. The molecule has 2 aromatic rings. The number of hydrogen-bond acceptors (Lipinski definition) is 7. The zero-order chi connectivity index (χ0) is 20.5. The van der Waals surface area contributed by atoms with Gasteiger partial charge in [0.25, 0.3) is 5.91 Å². The molecule has 1 N–H and O–H groups in total. The van der Waals surface area contributed by atoms with Crippen LogP contribution in [0, 0.1) is 10.1 Å². The average Bonchev–Trinajstić information content (AvgIpc) is 2.72. The highest BCUT2D eigenvalue weighted by Gasteiger charge is 2.19. The summed E-state index contributed by atoms with van der Waals surface area (Å²) < 4.78 is 14.8. The highest BCUT2D eigenvalue weighted by Crippen LogP contribution is 2.28. The summed E-state index contributed by atoms with van der Waals surface area (Å²) in [7, 11) is 2.76. The maximum atomic E-state index is 11.9. The zero-order valence-corrected chi connectivity index (χ0v) is 15.5. The van der Waals surface area contributed by atoms with Gasteiger partial charge < -0.3 is 19.5 Å². The Balaban J connectivity index is 1.87. The van der Waals surface area contributed by atoms with Gasteiger partial charge in [-0.15, -0.1) is 0 Å². The lowest BCUT2D eigenvalue weighted by atomic mass is 10.1. The quantitative estimate of drug-likeness (QED) is 0.397. The molecule has 0 saturated heterocycles. The van der Waals surface area contributed by atoms with Gasteiger partial charge in [0.15, 0.2) is 12.4 Å². The lowest BCUT2D eigenvalue weighted by Crippen LogP contribution is -2.30. The number of hydrogen-bond donors (Lipinski definition) is 1. The monoisotopic (exact) mass is 388 g/mol. The third-order valence-corrected chi connectivity index (χ3v) is 3.83. The Kier molecular flexibility index (Phi) is 7.32. The number of carbonyl (C=O) groups excluding carboxylic acids is 2. The molecule has 9 heteroatoms. The molecule has 0 radical (unpaired) electrons. The Labute approximate surface area is 161 Å². The molecule has 9 nitrogen and oxygen atoms in total. The number of rotatable bonds is 9. The van der Waals surface area contributed by atoms with Crippen molar-refractivity contribution < 1.29 is 28.7 Å². The van der Waals surface area contributed by atoms with Crippen molar-refractivity contribution in [1.82, 2.24) is 5.32 Å². The van der Waals surface area contributed by atoms with E-state index in [-0.39, 0.29) is 17.9 Å². The Hall–Kier alpha value is -3.62. The van der Waals surface area contributed by atoms with Gasteiger partial charge in [0.2, 0.25) is 0 Å². The predicted octanol–water partition coefficient (Wildman–Crippen LogP) is 2.13. The van der Waals surface area contributed by atoms with Gasteiger partial charge in [-0.1, -0.05) is 12.1 Å². The van der Waals surface area contributed by atoms with E-state index in [1.807, 2.05) is 24.3 Å². The largest absolute Gasteiger partial charge is 0.497 e. The lowest BCUT2D eigenvalue weighted by Gasteiger charge is -2.09. The van der Waals surface area contributed by atoms with Gasteiger partial charge in [0.1, 0.15) is 5.75 Å². The number of nitro groups is 1. The number of nitrogens with zero attached hydrogens (tertiary/aromatic N) is 1. The molecule has 0 bridgehead atoms. The van der Waals surface area contributed by atoms with Crippen LogP contribution in [-0.4, -0.2) is 44.2 Å². The molecule has 0 fully saturated rings. The van der Waals surface area contributed by atoms with Crippen LogP contribution in [0.4, 0.5) is 5.69 Å². The fourth-order valence-corrected chi connectivity index (χ4v) is 2.36. The molecule has 148 valence electrons. The summed E-state index contributed by atoms with van der Waals surface area (Å²) in [5.41, 5.74) is 0.621. The molecule has 0 aliphatic carbocycles. The second-order valence-electron chi connectivity index (χ2n) is 5.67. The smallest absolute Gasteiger partial charge is 0.338 e. The van der Waals surface area contributed by atoms with Crippen LogP contribution in [0.2, 0.25) is 0 Å². The summed E-state index contributed by atoms with van der Waals surface area (Å²) in [6.07, 6.45) is 0.615. The number of nitro benzene ring substituents is 1. The first kappa shape index (κ1) is 20.7. The summed E-state index contributed by atoms with van der Waals surface area (Å²) in [4.78, 5) is 33.9. The number of esters is 1. The van der Waals surface area contributed by atoms with E-state index in [9.17, 15) is 19.7 Å². The fourth-order valence-electron chi connectivity index (χ4n) is 2.36. The first-order valence-electron chi connectivity index (χ1n) is 8.33. The molecule has 0 unspecified atom stereocenters. The molecule has 0 atom stereocenters. The SMILES string of the molecule is COC(=O)c1ccc(OCC(=O)NCCc2ccc(OC)cc2)c([N+](=O)[O-])c1. The van der Waals surface area contributed by atoms with Crippen molar-refractivity contribution >= 4 is 17.6 Å². The van der Waals surface area contributed by atoms with E-state index in [1.54, 1.807) is 7.11 Å². The zero-order valence-electron chi connectivity index (χ0n) is 15.5. The van der Waals surface area contributed by atoms with Crippen LogP contribution in [-0.2, 0) is 16.0 Å². The van der Waals surface area contributed by atoms with Crippen molar-refractivity contribution in [2.75, 3.05) is 27.4 Å². The van der Waals surface area contributed by atoms with E-state index in [2.05, 4.69) is 10.1 Å². The molecule has 0 spiro atoms. The Morgan fingerprint density at radius 2 is 1.82 bits per heavy atom. The molecule has 28 heavy (non-hydrogen) atoms. The van der Waals surface area contributed by atoms with Crippen LogP contribution in [0.1, 0.15) is 15.9 Å². The Morgan fingerprint density at radius 1 is 1.11 bits per heavy atom. The van der Waals surface area contributed by atoms with Crippen LogP contribution >= 0.6 is 0 Å². The minimum absolute atomic E-state index is 0.0190. The van der Waals surface area contributed by atoms with Crippen molar-refractivity contribution in [2.24, 2.45) is 0 Å². The minimum Gasteiger partial charge on any atom is -0.497 e. The molecule has 1 amide bonds. The second-order valence-corrected chi connectivity index (χ2v) is 5.67. The summed E-state index contributed by atoms with van der Waals surface area (Å²) in [5.74, 6) is -0.477. The average molecular weight is 388 g/mol. The predicted molar refractivity (Wildman–Crippen MR) is 99.6 cm³/mol. The summed E-state index contributed by atoms with van der Waals surface area (Å²) >= 11 is 0. The Bertz CT molecular complexity index is 850. The van der Waals surface area contributed by atoms with Crippen LogP contribution in [0.5, 0.6) is 11.5 Å². The van der Waals surface area contributed by atoms with Crippen LogP contribution in [0.25, 0.3) is 0 Å². The van der Waals surface area contributed by atoms with Crippen molar-refractivity contribution in [3.05, 3.63) is 63.7 Å². The van der Waals surface area contributed by atoms with Crippen molar-refractivity contribution in [3.8, 4) is 11.5 Å². The molecule has 2 rings (SSSR count). The first-order valence-corrected chi connectivity index (χ1v) is 8.33. The maximum Gasteiger partial charge on any atom is 0.338 e. The van der Waals surface area contributed by atoms with Crippen molar-refractivity contribution in [2.45, 2.75) is 6.42 Å². The molecule has 0 aliphatic heterocycles. The summed E-state index contributed by atoms with van der Waals surface area (Å²) in [6.45, 7) is -0.00107. The van der Waals surface area contributed by atoms with Gasteiger partial charge in [-0.25, -0.2) is 4.79 Å². The van der Waals surface area contributed by atoms with Gasteiger partial charge in [-0.05, 0) is 36.2 Å². The molecule has 0 heterocycles. The van der Waals surface area contributed by atoms with E-state index < -0.39 is 22.5 Å². The lowest BCUT2D eigenvalue weighted by molar-refractivity contribution is -0.385. The van der Waals surface area contributed by atoms with Gasteiger partial charge in [-0.2, -0.15) is 0 Å². The summed E-state index contributed by atoms with van der Waals surface area (Å²) in [6, 6.07) is 11.1. The van der Waals surface area contributed by atoms with Crippen molar-refractivity contribution in [1.29, 1.82) is 0 Å². The molecule has 0 aliphatic rings. The highest BCUT2D eigenvalue weighted by atomic mass is 16.6. The summed E-state index contributed by atoms with van der Waals surface area (Å²) in [5, 5.41) is 13.8. The van der Waals surface area contributed by atoms with Crippen molar-refractivity contribution in [3.63, 3.8) is 0 Å². The molecule has 0 aromatic heterocycles. The van der Waals surface area contributed by atoms with E-state index in [0.717, 1.165) is 17.4 Å². The number of amides is 1. The van der Waals surface area contributed by atoms with Gasteiger partial charge in [0, 0.05) is 12.6 Å². The Morgan fingerprint density at radius 3 is 2.43 bits per heavy atom. The third-order valence-electron chi connectivity index (χ3n) is 3.83. The number of benzene rings is 2. The molecule has 0 saturated carbocycles. The van der Waals surface area contributed by atoms with Crippen LogP contribution in [0.3, 0.4) is 0 Å². The number of nitrogens with one attached hydrogen (secondary N) is 1. The topological polar surface area (TPSA) is 117 Å². The molecule has 2 aromatic carbocycles. The fraction of sp³-hybridized carbons (Fsp3) is 0.263. The van der Waals surface area contributed by atoms with Crippen LogP contribution in [0.15, 0.2) is 42.5 Å². The van der Waals surface area contributed by atoms with E-state index in [1.165, 1.54) is 19.2 Å². The highest BCUT2D eigenvalue weighted by molar-refractivity contribution is 5.90. The van der Waals surface area contributed by atoms with E-state index in [4.69, 9.17) is 9.47 Å². The third kappa shape index (κ3) is 5.70. The van der Waals surface area contributed by atoms with Crippen LogP contribution < -0.4 is 14.8 Å². The maximum absolute atomic E-state index is 11.9. The van der Waals surface area contributed by atoms with Gasteiger partial charge in [-0.3, -0.25) is 14.9 Å². The normalized spacial score (nSPS) is 10.1. The number of carbonyl (C=O) groups is 2. The standard InChI is InChI=1S/C19H20N2O7/c1-26-15-6-3-13(4-7-15)9-10-20-18(22)12-28-17-8-5-14(19(23)27-2)11-16(17)21(24)25/h3-8,11H,9-10,12H2,1-2H3,(H,20,22). The minimum atomic E-state index is -0.703. The first-order chi connectivity index (χ1) is 13.4.